The summed E-state index contributed by atoms with van der Waals surface area (Å²) in [6.07, 6.45) is 6.75. The van der Waals surface area contributed by atoms with Crippen LogP contribution < -0.4 is 5.32 Å². The van der Waals surface area contributed by atoms with Crippen LogP contribution in [0.5, 0.6) is 0 Å². The molecule has 0 aromatic rings. The third-order valence-electron chi connectivity index (χ3n) is 1.66. The Hall–Kier alpha value is -0.140. The first-order valence-corrected chi connectivity index (χ1v) is 4.79. The molecule has 0 bridgehead atoms. The molecule has 2 atom stereocenters. The highest BCUT2D eigenvalue weighted by atomic mass is 35.5. The van der Waals surface area contributed by atoms with Crippen LogP contribution in [-0.2, 0) is 0 Å². The van der Waals surface area contributed by atoms with E-state index in [4.69, 9.17) is 23.2 Å². The molecule has 0 aliphatic heterocycles. The Balaban J connectivity index is 2.58. The van der Waals surface area contributed by atoms with Crippen LogP contribution in [0.25, 0.3) is 0 Å². The molecule has 12 heavy (non-hydrogen) atoms. The second-order valence-electron chi connectivity index (χ2n) is 3.27. The Morgan fingerprint density at radius 3 is 2.83 bits per heavy atom. The zero-order valence-corrected chi connectivity index (χ0v) is 8.78. The van der Waals surface area contributed by atoms with Gasteiger partial charge in [0.05, 0.1) is 10.4 Å². The molecule has 0 aromatic heterocycles. The Kier molecular flexibility index (Phi) is 3.08. The molecule has 0 saturated carbocycles. The molecule has 0 heterocycles. The summed E-state index contributed by atoms with van der Waals surface area (Å²) in [5.41, 5.74) is 1.05. The number of alkyl halides is 2. The van der Waals surface area contributed by atoms with Crippen LogP contribution in [0.2, 0.25) is 0 Å². The van der Waals surface area contributed by atoms with E-state index in [0.717, 1.165) is 12.1 Å². The SMILES string of the molecule is CC(Cl)NC1=CC=CC(C)(Cl)C1. The van der Waals surface area contributed by atoms with Gasteiger partial charge >= 0.3 is 0 Å². The molecular formula is C9H13Cl2N. The summed E-state index contributed by atoms with van der Waals surface area (Å²) < 4.78 is 0. The van der Waals surface area contributed by atoms with E-state index in [9.17, 15) is 0 Å². The van der Waals surface area contributed by atoms with Crippen molar-refractivity contribution in [1.29, 1.82) is 0 Å². The fraction of sp³-hybridized carbons (Fsp3) is 0.556. The molecule has 1 nitrogen and oxygen atoms in total. The van der Waals surface area contributed by atoms with E-state index < -0.39 is 0 Å². The maximum atomic E-state index is 6.14. The Bertz CT molecular complexity index is 217. The van der Waals surface area contributed by atoms with Gasteiger partial charge in [0.25, 0.3) is 0 Å². The van der Waals surface area contributed by atoms with Gasteiger partial charge in [-0.25, -0.2) is 0 Å². The lowest BCUT2D eigenvalue weighted by Crippen LogP contribution is -2.27. The van der Waals surface area contributed by atoms with Gasteiger partial charge in [0.1, 0.15) is 0 Å². The molecule has 0 fully saturated rings. The fourth-order valence-corrected chi connectivity index (χ4v) is 1.57. The Morgan fingerprint density at radius 2 is 2.33 bits per heavy atom. The van der Waals surface area contributed by atoms with Crippen LogP contribution in [-0.4, -0.2) is 10.4 Å². The highest BCUT2D eigenvalue weighted by Crippen LogP contribution is 2.27. The van der Waals surface area contributed by atoms with E-state index in [0.29, 0.717) is 0 Å². The summed E-state index contributed by atoms with van der Waals surface area (Å²) in [4.78, 5) is -0.261. The molecule has 1 aliphatic rings. The number of hydrogen-bond donors (Lipinski definition) is 1. The van der Waals surface area contributed by atoms with Gasteiger partial charge in [-0.05, 0) is 19.9 Å². The molecule has 0 radical (unpaired) electrons. The van der Waals surface area contributed by atoms with E-state index >= 15 is 0 Å². The summed E-state index contributed by atoms with van der Waals surface area (Å²) in [5.74, 6) is 0. The third-order valence-corrected chi connectivity index (χ3v) is 2.03. The molecule has 0 amide bonds. The van der Waals surface area contributed by atoms with Crippen molar-refractivity contribution in [2.24, 2.45) is 0 Å². The van der Waals surface area contributed by atoms with Gasteiger partial charge in [-0.15, -0.1) is 11.6 Å². The molecule has 68 valence electrons. The summed E-state index contributed by atoms with van der Waals surface area (Å²) in [6.45, 7) is 3.88. The zero-order chi connectivity index (χ0) is 9.19. The van der Waals surface area contributed by atoms with Gasteiger partial charge in [0.15, 0.2) is 0 Å². The molecule has 0 aromatic carbocycles. The molecule has 1 rings (SSSR count). The Morgan fingerprint density at radius 1 is 1.67 bits per heavy atom. The first-order chi connectivity index (χ1) is 5.49. The van der Waals surface area contributed by atoms with Crippen molar-refractivity contribution in [3.8, 4) is 0 Å². The van der Waals surface area contributed by atoms with Gasteiger partial charge in [-0.2, -0.15) is 0 Å². The number of halogens is 2. The predicted octanol–water partition coefficient (Wildman–Crippen LogP) is 3.00. The summed E-state index contributed by atoms with van der Waals surface area (Å²) in [6, 6.07) is 0. The van der Waals surface area contributed by atoms with E-state index in [1.165, 1.54) is 0 Å². The lowest BCUT2D eigenvalue weighted by molar-refractivity contribution is 0.664. The predicted molar refractivity (Wildman–Crippen MR) is 54.5 cm³/mol. The summed E-state index contributed by atoms with van der Waals surface area (Å²) in [7, 11) is 0. The number of rotatable bonds is 2. The monoisotopic (exact) mass is 205 g/mol. The first-order valence-electron chi connectivity index (χ1n) is 3.97. The van der Waals surface area contributed by atoms with Crippen LogP contribution in [0.3, 0.4) is 0 Å². The van der Waals surface area contributed by atoms with Crippen LogP contribution in [0, 0.1) is 0 Å². The minimum atomic E-state index is -0.261. The van der Waals surface area contributed by atoms with Gasteiger partial charge in [-0.3, -0.25) is 0 Å². The van der Waals surface area contributed by atoms with Gasteiger partial charge < -0.3 is 5.32 Å². The van der Waals surface area contributed by atoms with Crippen molar-refractivity contribution in [3.05, 3.63) is 23.9 Å². The highest BCUT2D eigenvalue weighted by molar-refractivity contribution is 6.25. The molecule has 0 saturated heterocycles. The minimum Gasteiger partial charge on any atom is -0.373 e. The maximum absolute atomic E-state index is 6.14. The van der Waals surface area contributed by atoms with Gasteiger partial charge in [-0.1, -0.05) is 23.8 Å². The Labute approximate surface area is 83.4 Å². The van der Waals surface area contributed by atoms with Crippen LogP contribution in [0.4, 0.5) is 0 Å². The van der Waals surface area contributed by atoms with Crippen molar-refractivity contribution in [2.75, 3.05) is 0 Å². The summed E-state index contributed by atoms with van der Waals surface area (Å²) >= 11 is 11.9. The topological polar surface area (TPSA) is 12.0 Å². The number of nitrogens with one attached hydrogen (secondary N) is 1. The van der Waals surface area contributed by atoms with Crippen molar-refractivity contribution in [1.82, 2.24) is 5.32 Å². The number of allylic oxidation sites excluding steroid dienone is 4. The van der Waals surface area contributed by atoms with E-state index in [1.54, 1.807) is 0 Å². The molecule has 1 aliphatic carbocycles. The third kappa shape index (κ3) is 3.08. The smallest absolute Gasteiger partial charge is 0.0981 e. The first kappa shape index (κ1) is 9.94. The summed E-state index contributed by atoms with van der Waals surface area (Å²) in [5, 5.41) is 3.13. The zero-order valence-electron chi connectivity index (χ0n) is 7.27. The maximum Gasteiger partial charge on any atom is 0.0981 e. The molecule has 2 unspecified atom stereocenters. The molecule has 1 N–H and O–H groups in total. The van der Waals surface area contributed by atoms with Gasteiger partial charge in [0.2, 0.25) is 0 Å². The number of hydrogen-bond acceptors (Lipinski definition) is 1. The van der Waals surface area contributed by atoms with Crippen LogP contribution >= 0.6 is 23.2 Å². The van der Waals surface area contributed by atoms with Crippen molar-refractivity contribution in [3.63, 3.8) is 0 Å². The fourth-order valence-electron chi connectivity index (χ4n) is 1.21. The standard InChI is InChI=1S/C9H13Cl2N/c1-7(10)12-8-4-3-5-9(2,11)6-8/h3-5,7,12H,6H2,1-2H3. The lowest BCUT2D eigenvalue weighted by atomic mass is 9.99. The van der Waals surface area contributed by atoms with E-state index in [-0.39, 0.29) is 10.4 Å². The van der Waals surface area contributed by atoms with Crippen molar-refractivity contribution < 1.29 is 0 Å². The van der Waals surface area contributed by atoms with Crippen molar-refractivity contribution in [2.45, 2.75) is 30.6 Å². The second kappa shape index (κ2) is 3.71. The average molecular weight is 206 g/mol. The highest BCUT2D eigenvalue weighted by Gasteiger charge is 2.21. The van der Waals surface area contributed by atoms with Crippen molar-refractivity contribution >= 4 is 23.2 Å². The molecule has 3 heteroatoms. The lowest BCUT2D eigenvalue weighted by Gasteiger charge is -2.24. The largest absolute Gasteiger partial charge is 0.373 e. The quantitative estimate of drug-likeness (QED) is 0.541. The van der Waals surface area contributed by atoms with E-state index in [2.05, 4.69) is 5.32 Å². The second-order valence-corrected chi connectivity index (χ2v) is 4.78. The average Bonchev–Trinajstić information content (AvgIpc) is 1.82. The van der Waals surface area contributed by atoms with Crippen LogP contribution in [0.15, 0.2) is 23.9 Å². The molecule has 0 spiro atoms. The minimum absolute atomic E-state index is 0.0461. The van der Waals surface area contributed by atoms with Crippen LogP contribution in [0.1, 0.15) is 20.3 Å². The van der Waals surface area contributed by atoms with Gasteiger partial charge in [0, 0.05) is 12.1 Å². The molecular weight excluding hydrogens is 193 g/mol. The van der Waals surface area contributed by atoms with E-state index in [1.807, 2.05) is 32.1 Å². The normalized spacial score (nSPS) is 31.2.